The van der Waals surface area contributed by atoms with E-state index in [0.29, 0.717) is 11.0 Å². The molecule has 3 rings (SSSR count). The van der Waals surface area contributed by atoms with Gasteiger partial charge in [-0.1, -0.05) is 32.0 Å². The van der Waals surface area contributed by atoms with Crippen molar-refractivity contribution < 1.29 is 9.15 Å². The number of methoxy groups -OCH3 is 1. The van der Waals surface area contributed by atoms with Gasteiger partial charge in [-0.2, -0.15) is 0 Å². The van der Waals surface area contributed by atoms with Crippen molar-refractivity contribution >= 4 is 45.0 Å². The summed E-state index contributed by atoms with van der Waals surface area (Å²) >= 11 is 5.34. The Kier molecular flexibility index (Phi) is 4.39. The first-order valence-electron chi connectivity index (χ1n) is 7.62. The molecule has 1 aromatic heterocycles. The van der Waals surface area contributed by atoms with Crippen molar-refractivity contribution in [1.82, 2.24) is 5.32 Å². The van der Waals surface area contributed by atoms with E-state index in [4.69, 9.17) is 21.4 Å². The lowest BCUT2D eigenvalue weighted by Gasteiger charge is -2.14. The van der Waals surface area contributed by atoms with Crippen molar-refractivity contribution in [3.05, 3.63) is 36.4 Å². The van der Waals surface area contributed by atoms with Gasteiger partial charge >= 0.3 is 0 Å². The fraction of sp³-hybridized carbons (Fsp3) is 0.278. The maximum absolute atomic E-state index is 5.91. The maximum Gasteiger partial charge on any atom is 0.170 e. The number of anilines is 1. The highest BCUT2D eigenvalue weighted by molar-refractivity contribution is 7.80. The van der Waals surface area contributed by atoms with Crippen LogP contribution in [-0.2, 0) is 0 Å². The van der Waals surface area contributed by atoms with Gasteiger partial charge in [-0.05, 0) is 30.3 Å². The normalized spacial score (nSPS) is 11.1. The average molecular weight is 328 g/mol. The summed E-state index contributed by atoms with van der Waals surface area (Å²) in [5.41, 5.74) is 2.46. The molecule has 0 atom stereocenters. The number of thiocarbonyl (C=S) groups is 1. The number of hydrogen-bond donors (Lipinski definition) is 2. The summed E-state index contributed by atoms with van der Waals surface area (Å²) in [5.74, 6) is 1.26. The molecule has 0 aliphatic heterocycles. The van der Waals surface area contributed by atoms with Gasteiger partial charge in [-0.3, -0.25) is 0 Å². The van der Waals surface area contributed by atoms with E-state index in [1.165, 1.54) is 0 Å². The molecule has 2 aromatic carbocycles. The fourth-order valence-electron chi connectivity index (χ4n) is 2.48. The lowest BCUT2D eigenvalue weighted by molar-refractivity contribution is 0.417. The highest BCUT2D eigenvalue weighted by Crippen LogP contribution is 2.36. The zero-order valence-electron chi connectivity index (χ0n) is 13.5. The minimum atomic E-state index is 0.523. The van der Waals surface area contributed by atoms with Gasteiger partial charge in [0.1, 0.15) is 16.9 Å². The highest BCUT2D eigenvalue weighted by atomic mass is 32.1. The Balaban J connectivity index is 1.96. The Morgan fingerprint density at radius 1 is 1.17 bits per heavy atom. The van der Waals surface area contributed by atoms with E-state index in [-0.39, 0.29) is 0 Å². The smallest absolute Gasteiger partial charge is 0.170 e. The monoisotopic (exact) mass is 328 g/mol. The van der Waals surface area contributed by atoms with Crippen molar-refractivity contribution in [3.8, 4) is 5.75 Å². The first kappa shape index (κ1) is 15.6. The lowest BCUT2D eigenvalue weighted by Crippen LogP contribution is -2.31. The van der Waals surface area contributed by atoms with Crippen LogP contribution in [0.4, 0.5) is 5.69 Å². The molecule has 0 amide bonds. The molecule has 1 heterocycles. The number of ether oxygens (including phenoxy) is 1. The Bertz CT molecular complexity index is 855. The number of hydrogen-bond acceptors (Lipinski definition) is 3. The summed E-state index contributed by atoms with van der Waals surface area (Å²) < 4.78 is 11.4. The standard InChI is InChI=1S/C18H20N2O2S/c1-11(2)10-19-18(23)20-14-9-16-13(8-17(14)21-3)12-6-4-5-7-15(12)22-16/h4-9,11H,10H2,1-3H3,(H2,19,20,23). The van der Waals surface area contributed by atoms with Gasteiger partial charge in [0.2, 0.25) is 0 Å². The molecule has 0 saturated heterocycles. The number of nitrogens with one attached hydrogen (secondary N) is 2. The van der Waals surface area contributed by atoms with Crippen molar-refractivity contribution in [2.75, 3.05) is 19.0 Å². The Labute approximate surface area is 140 Å². The van der Waals surface area contributed by atoms with E-state index in [1.807, 2.05) is 36.4 Å². The van der Waals surface area contributed by atoms with Gasteiger partial charge in [-0.15, -0.1) is 0 Å². The zero-order valence-corrected chi connectivity index (χ0v) is 14.3. The summed E-state index contributed by atoms with van der Waals surface area (Å²) in [7, 11) is 1.65. The van der Waals surface area contributed by atoms with Gasteiger partial charge in [0.15, 0.2) is 5.11 Å². The molecular formula is C18H20N2O2S. The Hall–Kier alpha value is -2.27. The SMILES string of the molecule is COc1cc2c(cc1NC(=S)NCC(C)C)oc1ccccc12. The quantitative estimate of drug-likeness (QED) is 0.689. The van der Waals surface area contributed by atoms with Crippen molar-refractivity contribution in [2.24, 2.45) is 5.92 Å². The fourth-order valence-corrected chi connectivity index (χ4v) is 2.67. The van der Waals surface area contributed by atoms with Crippen LogP contribution in [0.15, 0.2) is 40.8 Å². The van der Waals surface area contributed by atoms with Crippen LogP contribution < -0.4 is 15.4 Å². The number of fused-ring (bicyclic) bond motifs is 3. The molecule has 120 valence electrons. The van der Waals surface area contributed by atoms with E-state index in [0.717, 1.165) is 39.9 Å². The lowest BCUT2D eigenvalue weighted by atomic mass is 10.1. The molecule has 3 aromatic rings. The second-order valence-electron chi connectivity index (χ2n) is 5.88. The Morgan fingerprint density at radius 3 is 2.70 bits per heavy atom. The number of benzene rings is 2. The van der Waals surface area contributed by atoms with Gasteiger partial charge in [0.05, 0.1) is 12.8 Å². The highest BCUT2D eigenvalue weighted by Gasteiger charge is 2.13. The number of rotatable bonds is 4. The molecule has 0 saturated carbocycles. The maximum atomic E-state index is 5.91. The molecule has 0 fully saturated rings. The van der Waals surface area contributed by atoms with Crippen LogP contribution in [0.5, 0.6) is 5.75 Å². The molecule has 0 aliphatic rings. The molecule has 4 nitrogen and oxygen atoms in total. The van der Waals surface area contributed by atoms with Crippen LogP contribution in [0, 0.1) is 5.92 Å². The van der Waals surface area contributed by atoms with E-state index in [2.05, 4.69) is 24.5 Å². The van der Waals surface area contributed by atoms with Crippen LogP contribution in [0.1, 0.15) is 13.8 Å². The molecule has 2 N–H and O–H groups in total. The van der Waals surface area contributed by atoms with Crippen molar-refractivity contribution in [1.29, 1.82) is 0 Å². The molecule has 0 unspecified atom stereocenters. The third kappa shape index (κ3) is 3.24. The van der Waals surface area contributed by atoms with Gasteiger partial charge in [-0.25, -0.2) is 0 Å². The first-order valence-corrected chi connectivity index (χ1v) is 8.03. The van der Waals surface area contributed by atoms with E-state index < -0.39 is 0 Å². The third-order valence-corrected chi connectivity index (χ3v) is 3.86. The predicted molar refractivity (Wildman–Crippen MR) is 99.3 cm³/mol. The first-order chi connectivity index (χ1) is 11.1. The topological polar surface area (TPSA) is 46.4 Å². The van der Waals surface area contributed by atoms with Crippen molar-refractivity contribution in [2.45, 2.75) is 13.8 Å². The van der Waals surface area contributed by atoms with Crippen LogP contribution in [-0.4, -0.2) is 18.8 Å². The summed E-state index contributed by atoms with van der Waals surface area (Å²) in [6, 6.07) is 11.9. The van der Waals surface area contributed by atoms with Crippen LogP contribution in [0.25, 0.3) is 21.9 Å². The second-order valence-corrected chi connectivity index (χ2v) is 6.28. The largest absolute Gasteiger partial charge is 0.495 e. The minimum Gasteiger partial charge on any atom is -0.495 e. The molecule has 5 heteroatoms. The van der Waals surface area contributed by atoms with Gasteiger partial charge < -0.3 is 19.8 Å². The molecule has 0 bridgehead atoms. The summed E-state index contributed by atoms with van der Waals surface area (Å²) in [5, 5.41) is 9.06. The molecular weight excluding hydrogens is 308 g/mol. The molecule has 0 aliphatic carbocycles. The van der Waals surface area contributed by atoms with Gasteiger partial charge in [0.25, 0.3) is 0 Å². The molecule has 23 heavy (non-hydrogen) atoms. The van der Waals surface area contributed by atoms with E-state index >= 15 is 0 Å². The summed E-state index contributed by atoms with van der Waals surface area (Å²) in [6.07, 6.45) is 0. The second kappa shape index (κ2) is 6.46. The van der Waals surface area contributed by atoms with E-state index in [9.17, 15) is 0 Å². The number of para-hydroxylation sites is 1. The average Bonchev–Trinajstić information content (AvgIpc) is 2.89. The number of furan rings is 1. The van der Waals surface area contributed by atoms with Crippen LogP contribution in [0.2, 0.25) is 0 Å². The van der Waals surface area contributed by atoms with Crippen LogP contribution in [0.3, 0.4) is 0 Å². The molecule has 0 radical (unpaired) electrons. The van der Waals surface area contributed by atoms with Crippen LogP contribution >= 0.6 is 12.2 Å². The van der Waals surface area contributed by atoms with Gasteiger partial charge in [0, 0.05) is 23.4 Å². The minimum absolute atomic E-state index is 0.523. The zero-order chi connectivity index (χ0) is 16.4. The summed E-state index contributed by atoms with van der Waals surface area (Å²) in [4.78, 5) is 0. The molecule has 0 spiro atoms. The Morgan fingerprint density at radius 2 is 1.96 bits per heavy atom. The predicted octanol–water partition coefficient (Wildman–Crippen LogP) is 4.54. The third-order valence-electron chi connectivity index (χ3n) is 3.62. The summed E-state index contributed by atoms with van der Waals surface area (Å²) in [6.45, 7) is 5.09. The van der Waals surface area contributed by atoms with Crippen molar-refractivity contribution in [3.63, 3.8) is 0 Å². The van der Waals surface area contributed by atoms with E-state index in [1.54, 1.807) is 7.11 Å².